The number of Topliss-reactive ketones (excluding diaryl/α,β-unsaturated/α-hetero) is 1. The molecule has 0 aliphatic heterocycles. The molecule has 2 aromatic heterocycles. The molecule has 0 saturated carbocycles. The van der Waals surface area contributed by atoms with Gasteiger partial charge in [0.15, 0.2) is 23.9 Å². The fourth-order valence-electron chi connectivity index (χ4n) is 3.53. The van der Waals surface area contributed by atoms with E-state index in [-0.39, 0.29) is 17.4 Å². The number of carbonyl (C=O) groups excluding carboxylic acids is 3. The molecular formula is C27H25N5O5. The zero-order valence-electron chi connectivity index (χ0n) is 20.2. The molecule has 0 aliphatic rings. The van der Waals surface area contributed by atoms with Crippen LogP contribution < -0.4 is 5.32 Å². The molecule has 10 nitrogen and oxygen atoms in total. The lowest BCUT2D eigenvalue weighted by molar-refractivity contribution is -0.136. The highest BCUT2D eigenvalue weighted by atomic mass is 16.5. The van der Waals surface area contributed by atoms with E-state index in [0.717, 1.165) is 18.4 Å². The maximum absolute atomic E-state index is 13.1. The number of aryl methyl sites for hydroxylation is 1. The molecule has 0 fully saturated rings. The SMILES string of the molecule is CC(=O)NCCCc1ccc(C(=O)COC(=O)/C(=C/c2ccco2)n2nnnc2-c2ccccc2)cc1. The molecule has 10 heteroatoms. The molecule has 37 heavy (non-hydrogen) atoms. The summed E-state index contributed by atoms with van der Waals surface area (Å²) in [5.41, 5.74) is 2.14. The number of tetrazole rings is 1. The molecule has 0 radical (unpaired) electrons. The van der Waals surface area contributed by atoms with E-state index < -0.39 is 12.6 Å². The van der Waals surface area contributed by atoms with Crippen molar-refractivity contribution in [3.8, 4) is 11.4 Å². The summed E-state index contributed by atoms with van der Waals surface area (Å²) in [5.74, 6) is -0.481. The van der Waals surface area contributed by atoms with E-state index in [4.69, 9.17) is 9.15 Å². The Balaban J connectivity index is 1.44. The Kier molecular flexibility index (Phi) is 8.33. The number of ketones is 1. The molecule has 1 N–H and O–H groups in total. The van der Waals surface area contributed by atoms with E-state index in [1.165, 1.54) is 23.9 Å². The number of hydrogen-bond acceptors (Lipinski definition) is 8. The number of carbonyl (C=O) groups is 3. The van der Waals surface area contributed by atoms with Crippen molar-refractivity contribution in [1.29, 1.82) is 0 Å². The molecule has 4 rings (SSSR count). The van der Waals surface area contributed by atoms with E-state index in [2.05, 4.69) is 20.8 Å². The number of ether oxygens (including phenoxy) is 1. The first-order valence-corrected chi connectivity index (χ1v) is 11.6. The fraction of sp³-hybridized carbons (Fsp3) is 0.185. The van der Waals surface area contributed by atoms with Crippen LogP contribution in [0.15, 0.2) is 77.4 Å². The number of amides is 1. The molecule has 0 unspecified atom stereocenters. The Morgan fingerprint density at radius 1 is 1.03 bits per heavy atom. The molecule has 0 atom stereocenters. The van der Waals surface area contributed by atoms with Crippen LogP contribution in [-0.2, 0) is 20.7 Å². The normalized spacial score (nSPS) is 11.2. The minimum Gasteiger partial charge on any atom is -0.465 e. The summed E-state index contributed by atoms with van der Waals surface area (Å²) >= 11 is 0. The molecule has 188 valence electrons. The minimum atomic E-state index is -0.788. The van der Waals surface area contributed by atoms with Crippen LogP contribution in [0.5, 0.6) is 0 Å². The maximum Gasteiger partial charge on any atom is 0.357 e. The summed E-state index contributed by atoms with van der Waals surface area (Å²) in [6, 6.07) is 19.6. The highest BCUT2D eigenvalue weighted by molar-refractivity contribution is 6.16. The average molecular weight is 500 g/mol. The van der Waals surface area contributed by atoms with Gasteiger partial charge in [0.05, 0.1) is 6.26 Å². The second-order valence-electron chi connectivity index (χ2n) is 8.11. The van der Waals surface area contributed by atoms with Crippen LogP contribution >= 0.6 is 0 Å². The first-order chi connectivity index (χ1) is 18.0. The maximum atomic E-state index is 13.1. The van der Waals surface area contributed by atoms with Crippen LogP contribution in [0.1, 0.15) is 35.0 Å². The number of nitrogens with zero attached hydrogens (tertiary/aromatic N) is 4. The molecular weight excluding hydrogens is 474 g/mol. The van der Waals surface area contributed by atoms with Gasteiger partial charge in [0.2, 0.25) is 5.91 Å². The zero-order valence-corrected chi connectivity index (χ0v) is 20.2. The van der Waals surface area contributed by atoms with Gasteiger partial charge in [0.25, 0.3) is 0 Å². The van der Waals surface area contributed by atoms with Gasteiger partial charge in [-0.2, -0.15) is 4.68 Å². The Bertz CT molecular complexity index is 1380. The third-order valence-corrected chi connectivity index (χ3v) is 5.39. The molecule has 2 aromatic carbocycles. The lowest BCUT2D eigenvalue weighted by Gasteiger charge is -2.10. The standard InChI is InChI=1S/C27H25N5O5/c1-19(33)28-15-5-7-20-11-13-21(14-12-20)25(34)18-37-27(35)24(17-23-10-6-16-36-23)32-26(29-30-31-32)22-8-3-2-4-9-22/h2-4,6,8-14,16-17H,5,7,15,18H2,1H3,(H,28,33)/b24-17-. The molecule has 4 aromatic rings. The molecule has 0 bridgehead atoms. The number of aromatic nitrogens is 4. The van der Waals surface area contributed by atoms with Crippen molar-refractivity contribution in [1.82, 2.24) is 25.5 Å². The van der Waals surface area contributed by atoms with Crippen LogP contribution in [-0.4, -0.2) is 51.0 Å². The van der Waals surface area contributed by atoms with E-state index >= 15 is 0 Å². The van der Waals surface area contributed by atoms with Crippen LogP contribution in [0.2, 0.25) is 0 Å². The first-order valence-electron chi connectivity index (χ1n) is 11.6. The number of hydrogen-bond donors (Lipinski definition) is 1. The second kappa shape index (κ2) is 12.2. The van der Waals surface area contributed by atoms with Crippen molar-refractivity contribution in [3.63, 3.8) is 0 Å². The van der Waals surface area contributed by atoms with Gasteiger partial charge in [-0.1, -0.05) is 54.6 Å². The van der Waals surface area contributed by atoms with Gasteiger partial charge in [-0.05, 0) is 41.0 Å². The summed E-state index contributed by atoms with van der Waals surface area (Å²) in [4.78, 5) is 36.8. The number of furan rings is 1. The predicted molar refractivity (Wildman–Crippen MR) is 135 cm³/mol. The number of esters is 1. The molecule has 2 heterocycles. The summed E-state index contributed by atoms with van der Waals surface area (Å²) < 4.78 is 12.0. The van der Waals surface area contributed by atoms with Crippen molar-refractivity contribution in [2.45, 2.75) is 19.8 Å². The highest BCUT2D eigenvalue weighted by Gasteiger charge is 2.22. The Labute approximate surface area is 212 Å². The Hall–Kier alpha value is -4.86. The minimum absolute atomic E-state index is 0.0129. The highest BCUT2D eigenvalue weighted by Crippen LogP contribution is 2.21. The lowest BCUT2D eigenvalue weighted by Crippen LogP contribution is -2.21. The average Bonchev–Trinajstić information content (AvgIpc) is 3.61. The number of rotatable bonds is 11. The van der Waals surface area contributed by atoms with Crippen molar-refractivity contribution in [2.24, 2.45) is 0 Å². The predicted octanol–water partition coefficient (Wildman–Crippen LogP) is 3.43. The van der Waals surface area contributed by atoms with E-state index in [1.807, 2.05) is 42.5 Å². The van der Waals surface area contributed by atoms with Gasteiger partial charge in [0.1, 0.15) is 5.76 Å². The summed E-state index contributed by atoms with van der Waals surface area (Å²) in [7, 11) is 0. The molecule has 0 spiro atoms. The zero-order chi connectivity index (χ0) is 26.0. The van der Waals surface area contributed by atoms with Gasteiger partial charge in [-0.15, -0.1) is 5.10 Å². The lowest BCUT2D eigenvalue weighted by atomic mass is 10.1. The van der Waals surface area contributed by atoms with Crippen LogP contribution in [0, 0.1) is 0 Å². The number of benzene rings is 2. The topological polar surface area (TPSA) is 129 Å². The van der Waals surface area contributed by atoms with Gasteiger partial charge in [-0.25, -0.2) is 4.79 Å². The van der Waals surface area contributed by atoms with E-state index in [9.17, 15) is 14.4 Å². The largest absolute Gasteiger partial charge is 0.465 e. The Morgan fingerprint density at radius 3 is 2.51 bits per heavy atom. The molecule has 1 amide bonds. The van der Waals surface area contributed by atoms with Crippen LogP contribution in [0.3, 0.4) is 0 Å². The summed E-state index contributed by atoms with van der Waals surface area (Å²) in [6.45, 7) is 1.61. The van der Waals surface area contributed by atoms with Crippen LogP contribution in [0.4, 0.5) is 0 Å². The van der Waals surface area contributed by atoms with Gasteiger partial charge >= 0.3 is 5.97 Å². The van der Waals surface area contributed by atoms with Crippen molar-refractivity contribution < 1.29 is 23.5 Å². The number of nitrogens with one attached hydrogen (secondary N) is 1. The second-order valence-corrected chi connectivity index (χ2v) is 8.11. The first kappa shape index (κ1) is 25.2. The van der Waals surface area contributed by atoms with Crippen molar-refractivity contribution >= 4 is 29.4 Å². The fourth-order valence-corrected chi connectivity index (χ4v) is 3.53. The monoisotopic (exact) mass is 499 g/mol. The summed E-state index contributed by atoms with van der Waals surface area (Å²) in [5, 5.41) is 14.5. The third kappa shape index (κ3) is 6.85. The Morgan fingerprint density at radius 2 is 1.81 bits per heavy atom. The van der Waals surface area contributed by atoms with E-state index in [1.54, 1.807) is 24.3 Å². The molecule has 0 aliphatic carbocycles. The van der Waals surface area contributed by atoms with Gasteiger partial charge < -0.3 is 14.5 Å². The quantitative estimate of drug-likeness (QED) is 0.144. The van der Waals surface area contributed by atoms with Crippen molar-refractivity contribution in [2.75, 3.05) is 13.2 Å². The van der Waals surface area contributed by atoms with Crippen LogP contribution in [0.25, 0.3) is 23.2 Å². The van der Waals surface area contributed by atoms with E-state index in [0.29, 0.717) is 29.3 Å². The van der Waals surface area contributed by atoms with Gasteiger partial charge in [-0.3, -0.25) is 9.59 Å². The summed E-state index contributed by atoms with van der Waals surface area (Å²) in [6.07, 6.45) is 4.47. The molecule has 0 saturated heterocycles. The smallest absolute Gasteiger partial charge is 0.357 e. The third-order valence-electron chi connectivity index (χ3n) is 5.39. The van der Waals surface area contributed by atoms with Crippen molar-refractivity contribution in [3.05, 3.63) is 89.9 Å². The van der Waals surface area contributed by atoms with Gasteiger partial charge in [0, 0.05) is 30.7 Å².